The summed E-state index contributed by atoms with van der Waals surface area (Å²) in [5, 5.41) is 14.1. The van der Waals surface area contributed by atoms with Crippen LogP contribution in [-0.4, -0.2) is 35.2 Å². The lowest BCUT2D eigenvalue weighted by Gasteiger charge is -2.11. The molecule has 0 unspecified atom stereocenters. The molecule has 32 heavy (non-hydrogen) atoms. The van der Waals surface area contributed by atoms with Gasteiger partial charge in [-0.15, -0.1) is 10.2 Å². The number of halogens is 1. The zero-order valence-corrected chi connectivity index (χ0v) is 17.1. The Labute approximate surface area is 182 Å². The summed E-state index contributed by atoms with van der Waals surface area (Å²) in [6.45, 7) is 0.272. The molecule has 8 nitrogen and oxygen atoms in total. The number of aromatic nitrogens is 7. The number of nitrogens with zero attached hydrogens (tertiary/aromatic N) is 6. The number of benzene rings is 2. The highest BCUT2D eigenvalue weighted by molar-refractivity contribution is 5.79. The number of aromatic amines is 1. The summed E-state index contributed by atoms with van der Waals surface area (Å²) in [7, 11) is 1.88. The summed E-state index contributed by atoms with van der Waals surface area (Å²) in [6, 6.07) is 18.1. The van der Waals surface area contributed by atoms with Gasteiger partial charge in [0, 0.05) is 24.4 Å². The number of tetrazole rings is 1. The molecule has 0 bridgehead atoms. The number of ether oxygens (including phenoxy) is 1. The van der Waals surface area contributed by atoms with Gasteiger partial charge in [0.1, 0.15) is 12.3 Å². The Morgan fingerprint density at radius 2 is 1.88 bits per heavy atom. The average Bonchev–Trinajstić information content (AvgIpc) is 3.50. The van der Waals surface area contributed by atoms with Gasteiger partial charge in [-0.2, -0.15) is 5.21 Å². The van der Waals surface area contributed by atoms with Gasteiger partial charge in [0.05, 0.1) is 17.7 Å². The van der Waals surface area contributed by atoms with Gasteiger partial charge in [0.2, 0.25) is 5.82 Å². The van der Waals surface area contributed by atoms with Crippen molar-refractivity contribution in [1.82, 2.24) is 35.2 Å². The number of nitrogens with one attached hydrogen (secondary N) is 1. The second-order valence-electron chi connectivity index (χ2n) is 7.14. The summed E-state index contributed by atoms with van der Waals surface area (Å²) < 4.78 is 22.1. The summed E-state index contributed by atoms with van der Waals surface area (Å²) in [5.74, 6) is 0.210. The van der Waals surface area contributed by atoms with Gasteiger partial charge < -0.3 is 9.30 Å². The Morgan fingerprint density at radius 3 is 2.69 bits per heavy atom. The first-order valence-electron chi connectivity index (χ1n) is 9.87. The maximum Gasteiger partial charge on any atom is 0.204 e. The first-order valence-corrected chi connectivity index (χ1v) is 9.87. The minimum atomic E-state index is -0.425. The van der Waals surface area contributed by atoms with Crippen molar-refractivity contribution >= 4 is 0 Å². The standard InChI is InChI=1S/C23H18FN7O/c1-31-14-26-21(19-11-17(9-10-25-19)23-27-29-30-28-23)22(31)16-7-8-18(24)20(12-16)32-13-15-5-3-2-4-6-15/h2-12,14H,13H2,1H3,(H,27,28,29,30). The fourth-order valence-electron chi connectivity index (χ4n) is 3.44. The van der Waals surface area contributed by atoms with E-state index >= 15 is 0 Å². The highest BCUT2D eigenvalue weighted by Crippen LogP contribution is 2.33. The number of aryl methyl sites for hydroxylation is 1. The van der Waals surface area contributed by atoms with Gasteiger partial charge in [-0.3, -0.25) is 4.98 Å². The van der Waals surface area contributed by atoms with Crippen molar-refractivity contribution in [1.29, 1.82) is 0 Å². The molecule has 1 N–H and O–H groups in total. The van der Waals surface area contributed by atoms with Crippen LogP contribution < -0.4 is 4.74 Å². The lowest BCUT2D eigenvalue weighted by Crippen LogP contribution is -1.99. The maximum atomic E-state index is 14.5. The second kappa shape index (κ2) is 8.38. The van der Waals surface area contributed by atoms with E-state index in [4.69, 9.17) is 4.74 Å². The van der Waals surface area contributed by atoms with Crippen molar-refractivity contribution < 1.29 is 9.13 Å². The van der Waals surface area contributed by atoms with Crippen molar-refractivity contribution in [2.45, 2.75) is 6.61 Å². The molecular weight excluding hydrogens is 409 g/mol. The summed E-state index contributed by atoms with van der Waals surface area (Å²) in [4.78, 5) is 9.00. The number of rotatable bonds is 6. The van der Waals surface area contributed by atoms with Crippen LogP contribution in [-0.2, 0) is 13.7 Å². The predicted octanol–water partition coefficient (Wildman–Crippen LogP) is 4.05. The van der Waals surface area contributed by atoms with E-state index in [1.54, 1.807) is 30.7 Å². The monoisotopic (exact) mass is 427 g/mol. The van der Waals surface area contributed by atoms with Gasteiger partial charge >= 0.3 is 0 Å². The van der Waals surface area contributed by atoms with Crippen molar-refractivity contribution in [2.24, 2.45) is 7.05 Å². The molecule has 0 spiro atoms. The molecule has 0 aliphatic rings. The van der Waals surface area contributed by atoms with Gasteiger partial charge in [-0.25, -0.2) is 9.37 Å². The van der Waals surface area contributed by atoms with Crippen LogP contribution in [0.1, 0.15) is 5.56 Å². The molecule has 2 aromatic carbocycles. The molecule has 158 valence electrons. The minimum absolute atomic E-state index is 0.173. The Bertz CT molecular complexity index is 1350. The van der Waals surface area contributed by atoms with E-state index in [0.29, 0.717) is 17.2 Å². The van der Waals surface area contributed by atoms with E-state index < -0.39 is 5.82 Å². The Balaban J connectivity index is 1.50. The number of imidazole rings is 1. The fourth-order valence-corrected chi connectivity index (χ4v) is 3.44. The third-order valence-electron chi connectivity index (χ3n) is 4.98. The average molecular weight is 427 g/mol. The Hall–Kier alpha value is -4.40. The molecule has 0 amide bonds. The number of hydrogen-bond donors (Lipinski definition) is 1. The zero-order chi connectivity index (χ0) is 21.9. The van der Waals surface area contributed by atoms with Crippen LogP contribution in [0.5, 0.6) is 5.75 Å². The highest BCUT2D eigenvalue weighted by atomic mass is 19.1. The van der Waals surface area contributed by atoms with E-state index in [9.17, 15) is 4.39 Å². The molecule has 5 aromatic rings. The molecule has 0 atom stereocenters. The van der Waals surface area contributed by atoms with Crippen LogP contribution in [0.2, 0.25) is 0 Å². The van der Waals surface area contributed by atoms with Crippen LogP contribution in [0.15, 0.2) is 73.2 Å². The first kappa shape index (κ1) is 19.6. The van der Waals surface area contributed by atoms with E-state index in [-0.39, 0.29) is 12.4 Å². The molecule has 3 aromatic heterocycles. The number of pyridine rings is 1. The summed E-state index contributed by atoms with van der Waals surface area (Å²) >= 11 is 0. The molecule has 0 aliphatic carbocycles. The topological polar surface area (TPSA) is 94.4 Å². The van der Waals surface area contributed by atoms with Gasteiger partial charge in [-0.1, -0.05) is 30.3 Å². The third-order valence-corrected chi connectivity index (χ3v) is 4.98. The molecule has 0 aliphatic heterocycles. The third kappa shape index (κ3) is 3.83. The van der Waals surface area contributed by atoms with Crippen LogP contribution in [0.4, 0.5) is 4.39 Å². The van der Waals surface area contributed by atoms with E-state index in [1.165, 1.54) is 6.07 Å². The smallest absolute Gasteiger partial charge is 0.204 e. The molecular formula is C23H18FN7O. The number of H-pyrrole nitrogens is 1. The lowest BCUT2D eigenvalue weighted by atomic mass is 10.1. The lowest BCUT2D eigenvalue weighted by molar-refractivity contribution is 0.290. The normalized spacial score (nSPS) is 10.9. The largest absolute Gasteiger partial charge is 0.486 e. The molecule has 9 heteroatoms. The zero-order valence-electron chi connectivity index (χ0n) is 17.1. The Morgan fingerprint density at radius 1 is 1.00 bits per heavy atom. The van der Waals surface area contributed by atoms with Gasteiger partial charge in [-0.05, 0) is 41.1 Å². The van der Waals surface area contributed by atoms with E-state index in [0.717, 1.165) is 22.4 Å². The van der Waals surface area contributed by atoms with Crippen molar-refractivity contribution in [3.05, 3.63) is 84.6 Å². The molecule has 5 rings (SSSR count). The van der Waals surface area contributed by atoms with Crippen molar-refractivity contribution in [3.8, 4) is 39.8 Å². The molecule has 3 heterocycles. The SMILES string of the molecule is Cn1cnc(-c2cc(-c3nn[nH]n3)ccn2)c1-c1ccc(F)c(OCc2ccccc2)c1. The summed E-state index contributed by atoms with van der Waals surface area (Å²) in [5.41, 5.74) is 4.55. The fraction of sp³-hybridized carbons (Fsp3) is 0.0870. The highest BCUT2D eigenvalue weighted by Gasteiger charge is 2.18. The molecule has 0 saturated heterocycles. The Kier molecular flexibility index (Phi) is 5.12. The van der Waals surface area contributed by atoms with Crippen LogP contribution in [0.25, 0.3) is 34.0 Å². The van der Waals surface area contributed by atoms with Crippen molar-refractivity contribution in [2.75, 3.05) is 0 Å². The first-order chi connectivity index (χ1) is 15.7. The maximum absolute atomic E-state index is 14.5. The quantitative estimate of drug-likeness (QED) is 0.439. The number of hydrogen-bond acceptors (Lipinski definition) is 6. The minimum Gasteiger partial charge on any atom is -0.486 e. The predicted molar refractivity (Wildman–Crippen MR) is 116 cm³/mol. The van der Waals surface area contributed by atoms with Crippen molar-refractivity contribution in [3.63, 3.8) is 0 Å². The van der Waals surface area contributed by atoms with Gasteiger partial charge in [0.15, 0.2) is 11.6 Å². The second-order valence-corrected chi connectivity index (χ2v) is 7.14. The van der Waals surface area contributed by atoms with Crippen LogP contribution in [0, 0.1) is 5.82 Å². The van der Waals surface area contributed by atoms with E-state index in [2.05, 4.69) is 30.6 Å². The van der Waals surface area contributed by atoms with E-state index in [1.807, 2.05) is 48.0 Å². The molecule has 0 saturated carbocycles. The van der Waals surface area contributed by atoms with Crippen LogP contribution >= 0.6 is 0 Å². The summed E-state index contributed by atoms with van der Waals surface area (Å²) in [6.07, 6.45) is 3.36. The van der Waals surface area contributed by atoms with Crippen LogP contribution in [0.3, 0.4) is 0 Å². The molecule has 0 radical (unpaired) electrons. The molecule has 0 fully saturated rings. The van der Waals surface area contributed by atoms with Gasteiger partial charge in [0.25, 0.3) is 0 Å².